The van der Waals surface area contributed by atoms with Crippen LogP contribution in [0.3, 0.4) is 0 Å². The topological polar surface area (TPSA) is 46.2 Å². The summed E-state index contributed by atoms with van der Waals surface area (Å²) in [6.45, 7) is 6.84. The standard InChI is InChI=1S/C17H29NO2S/c1-4-6-10-14-21(19,20)15(3)17(18-13-5-2)16-11-8-7-9-12-16/h7-9,11-12,15,17-18H,4-6,10,13-14H2,1-3H3. The van der Waals surface area contributed by atoms with Crippen molar-refractivity contribution in [1.82, 2.24) is 5.32 Å². The van der Waals surface area contributed by atoms with E-state index in [9.17, 15) is 8.42 Å². The van der Waals surface area contributed by atoms with Crippen LogP contribution in [0.25, 0.3) is 0 Å². The fraction of sp³-hybridized carbons (Fsp3) is 0.647. The molecule has 1 aromatic rings. The molecule has 0 aliphatic carbocycles. The maximum atomic E-state index is 12.5. The highest BCUT2D eigenvalue weighted by molar-refractivity contribution is 7.92. The van der Waals surface area contributed by atoms with Gasteiger partial charge in [-0.05, 0) is 31.9 Å². The lowest BCUT2D eigenvalue weighted by Crippen LogP contribution is -2.37. The smallest absolute Gasteiger partial charge is 0.154 e. The Kier molecular flexibility index (Phi) is 7.97. The van der Waals surface area contributed by atoms with Gasteiger partial charge in [-0.25, -0.2) is 8.42 Å². The van der Waals surface area contributed by atoms with Gasteiger partial charge in [0.15, 0.2) is 9.84 Å². The summed E-state index contributed by atoms with van der Waals surface area (Å²) in [6, 6.07) is 9.77. The van der Waals surface area contributed by atoms with E-state index >= 15 is 0 Å². The molecule has 0 saturated heterocycles. The number of hydrogen-bond donors (Lipinski definition) is 1. The van der Waals surface area contributed by atoms with E-state index in [1.54, 1.807) is 0 Å². The number of unbranched alkanes of at least 4 members (excludes halogenated alkanes) is 2. The van der Waals surface area contributed by atoms with Gasteiger partial charge in [-0.2, -0.15) is 0 Å². The summed E-state index contributed by atoms with van der Waals surface area (Å²) in [4.78, 5) is 0. The first-order chi connectivity index (χ1) is 10.0. The first kappa shape index (κ1) is 18.2. The number of benzene rings is 1. The van der Waals surface area contributed by atoms with E-state index in [0.717, 1.165) is 37.8 Å². The second-order valence-corrected chi connectivity index (χ2v) is 8.10. The first-order valence-corrected chi connectivity index (χ1v) is 9.74. The molecule has 2 atom stereocenters. The average Bonchev–Trinajstić information content (AvgIpc) is 2.48. The Morgan fingerprint density at radius 1 is 1.05 bits per heavy atom. The molecule has 3 nitrogen and oxygen atoms in total. The van der Waals surface area contributed by atoms with Crippen LogP contribution < -0.4 is 5.32 Å². The van der Waals surface area contributed by atoms with Crippen molar-refractivity contribution in [3.05, 3.63) is 35.9 Å². The largest absolute Gasteiger partial charge is 0.309 e. The van der Waals surface area contributed by atoms with Crippen LogP contribution in [0.2, 0.25) is 0 Å². The molecule has 2 unspecified atom stereocenters. The Labute approximate surface area is 130 Å². The van der Waals surface area contributed by atoms with Crippen molar-refractivity contribution < 1.29 is 8.42 Å². The highest BCUT2D eigenvalue weighted by Crippen LogP contribution is 2.23. The van der Waals surface area contributed by atoms with Gasteiger partial charge in [0.2, 0.25) is 0 Å². The van der Waals surface area contributed by atoms with Gasteiger partial charge >= 0.3 is 0 Å². The quantitative estimate of drug-likeness (QED) is 0.670. The molecular weight excluding hydrogens is 282 g/mol. The molecule has 1 N–H and O–H groups in total. The fourth-order valence-corrected chi connectivity index (χ4v) is 4.11. The van der Waals surface area contributed by atoms with Gasteiger partial charge in [0, 0.05) is 6.04 Å². The molecule has 120 valence electrons. The third kappa shape index (κ3) is 5.79. The van der Waals surface area contributed by atoms with Crippen LogP contribution in [-0.2, 0) is 9.84 Å². The predicted molar refractivity (Wildman–Crippen MR) is 90.3 cm³/mol. The zero-order chi connectivity index (χ0) is 15.7. The predicted octanol–water partition coefficient (Wildman–Crippen LogP) is 3.72. The van der Waals surface area contributed by atoms with E-state index in [1.807, 2.05) is 37.3 Å². The molecule has 4 heteroatoms. The maximum Gasteiger partial charge on any atom is 0.154 e. The Bertz CT molecular complexity index is 485. The number of hydrogen-bond acceptors (Lipinski definition) is 3. The van der Waals surface area contributed by atoms with Crippen molar-refractivity contribution in [2.45, 2.75) is 57.7 Å². The lowest BCUT2D eigenvalue weighted by atomic mass is 10.0. The summed E-state index contributed by atoms with van der Waals surface area (Å²) in [5.74, 6) is 0.291. The SMILES string of the molecule is CCCCCS(=O)(=O)C(C)C(NCCC)c1ccccc1. The Balaban J connectivity index is 2.87. The minimum Gasteiger partial charge on any atom is -0.309 e. The van der Waals surface area contributed by atoms with Crippen LogP contribution in [0.1, 0.15) is 58.1 Å². The van der Waals surface area contributed by atoms with Gasteiger partial charge in [-0.3, -0.25) is 0 Å². The molecule has 0 heterocycles. The van der Waals surface area contributed by atoms with Crippen molar-refractivity contribution in [2.24, 2.45) is 0 Å². The molecule has 0 spiro atoms. The molecule has 0 aromatic heterocycles. The molecular formula is C17H29NO2S. The molecule has 0 fully saturated rings. The van der Waals surface area contributed by atoms with Crippen LogP contribution in [-0.4, -0.2) is 26.0 Å². The van der Waals surface area contributed by atoms with E-state index in [2.05, 4.69) is 19.2 Å². The lowest BCUT2D eigenvalue weighted by Gasteiger charge is -2.25. The summed E-state index contributed by atoms with van der Waals surface area (Å²) in [7, 11) is -3.07. The average molecular weight is 311 g/mol. The van der Waals surface area contributed by atoms with Crippen LogP contribution in [0.5, 0.6) is 0 Å². The third-order valence-corrected chi connectivity index (χ3v) is 6.10. The van der Waals surface area contributed by atoms with Gasteiger partial charge in [0.25, 0.3) is 0 Å². The molecule has 1 aromatic carbocycles. The Morgan fingerprint density at radius 2 is 1.71 bits per heavy atom. The lowest BCUT2D eigenvalue weighted by molar-refractivity contribution is 0.496. The highest BCUT2D eigenvalue weighted by atomic mass is 32.2. The molecule has 21 heavy (non-hydrogen) atoms. The number of sulfone groups is 1. The maximum absolute atomic E-state index is 12.5. The van der Waals surface area contributed by atoms with Crippen molar-refractivity contribution in [1.29, 1.82) is 0 Å². The van der Waals surface area contributed by atoms with Crippen LogP contribution in [0.15, 0.2) is 30.3 Å². The van der Waals surface area contributed by atoms with E-state index in [1.165, 1.54) is 0 Å². The van der Waals surface area contributed by atoms with Crippen molar-refractivity contribution in [2.75, 3.05) is 12.3 Å². The molecule has 0 bridgehead atoms. The van der Waals surface area contributed by atoms with E-state index < -0.39 is 15.1 Å². The fourth-order valence-electron chi connectivity index (χ4n) is 2.46. The number of rotatable bonds is 10. The molecule has 0 amide bonds. The molecule has 0 saturated carbocycles. The van der Waals surface area contributed by atoms with Crippen molar-refractivity contribution >= 4 is 9.84 Å². The monoisotopic (exact) mass is 311 g/mol. The van der Waals surface area contributed by atoms with Crippen LogP contribution >= 0.6 is 0 Å². The van der Waals surface area contributed by atoms with Crippen molar-refractivity contribution in [3.8, 4) is 0 Å². The Hall–Kier alpha value is -0.870. The normalized spacial score (nSPS) is 14.8. The molecule has 1 rings (SSSR count). The summed E-state index contributed by atoms with van der Waals surface area (Å²) >= 11 is 0. The summed E-state index contributed by atoms with van der Waals surface area (Å²) in [5, 5.41) is 3.00. The second kappa shape index (κ2) is 9.21. The zero-order valence-corrected chi connectivity index (χ0v) is 14.3. The minimum absolute atomic E-state index is 0.127. The van der Waals surface area contributed by atoms with Gasteiger partial charge < -0.3 is 5.32 Å². The summed E-state index contributed by atoms with van der Waals surface area (Å²) < 4.78 is 25.1. The minimum atomic E-state index is -3.07. The molecule has 0 aliphatic heterocycles. The summed E-state index contributed by atoms with van der Waals surface area (Å²) in [5.41, 5.74) is 1.05. The van der Waals surface area contributed by atoms with Gasteiger partial charge in [-0.1, -0.05) is 57.0 Å². The molecule has 0 radical (unpaired) electrons. The van der Waals surface area contributed by atoms with Crippen LogP contribution in [0, 0.1) is 0 Å². The second-order valence-electron chi connectivity index (χ2n) is 5.62. The number of nitrogens with one attached hydrogen (secondary N) is 1. The molecule has 0 aliphatic rings. The van der Waals surface area contributed by atoms with E-state index in [-0.39, 0.29) is 6.04 Å². The van der Waals surface area contributed by atoms with E-state index in [4.69, 9.17) is 0 Å². The van der Waals surface area contributed by atoms with Crippen LogP contribution in [0.4, 0.5) is 0 Å². The van der Waals surface area contributed by atoms with Gasteiger partial charge in [0.05, 0.1) is 11.0 Å². The first-order valence-electron chi connectivity index (χ1n) is 8.02. The van der Waals surface area contributed by atoms with Gasteiger partial charge in [0.1, 0.15) is 0 Å². The highest BCUT2D eigenvalue weighted by Gasteiger charge is 2.29. The van der Waals surface area contributed by atoms with E-state index in [0.29, 0.717) is 5.75 Å². The summed E-state index contributed by atoms with van der Waals surface area (Å²) in [6.07, 6.45) is 3.77. The van der Waals surface area contributed by atoms with Gasteiger partial charge in [-0.15, -0.1) is 0 Å². The Morgan fingerprint density at radius 3 is 2.29 bits per heavy atom. The third-order valence-electron chi connectivity index (χ3n) is 3.84. The van der Waals surface area contributed by atoms with Crippen molar-refractivity contribution in [3.63, 3.8) is 0 Å². The zero-order valence-electron chi connectivity index (χ0n) is 13.5.